The number of amides is 1. The molecular weight excluding hydrogens is 404 g/mol. The molecule has 1 amide bonds. The Kier molecular flexibility index (Phi) is 6.08. The van der Waals surface area contributed by atoms with Crippen molar-refractivity contribution < 1.29 is 19.0 Å². The van der Waals surface area contributed by atoms with Gasteiger partial charge >= 0.3 is 0 Å². The predicted octanol–water partition coefficient (Wildman–Crippen LogP) is 3.11. The van der Waals surface area contributed by atoms with Crippen molar-refractivity contribution in [2.75, 3.05) is 19.7 Å². The molecule has 30 heavy (non-hydrogen) atoms. The van der Waals surface area contributed by atoms with E-state index in [2.05, 4.69) is 15.5 Å². The molecule has 0 aliphatic carbocycles. The fourth-order valence-corrected chi connectivity index (χ4v) is 3.89. The van der Waals surface area contributed by atoms with Gasteiger partial charge in [0.15, 0.2) is 22.5 Å². The summed E-state index contributed by atoms with van der Waals surface area (Å²) in [6.07, 6.45) is 0. The predicted molar refractivity (Wildman–Crippen MR) is 113 cm³/mol. The van der Waals surface area contributed by atoms with Gasteiger partial charge in [-0.2, -0.15) is 0 Å². The summed E-state index contributed by atoms with van der Waals surface area (Å²) >= 11 is 1.36. The fourth-order valence-electron chi connectivity index (χ4n) is 3.05. The Morgan fingerprint density at radius 3 is 2.73 bits per heavy atom. The van der Waals surface area contributed by atoms with E-state index in [4.69, 9.17) is 14.2 Å². The molecule has 156 valence electrons. The molecule has 0 saturated carbocycles. The van der Waals surface area contributed by atoms with Crippen molar-refractivity contribution in [3.8, 4) is 28.6 Å². The maximum Gasteiger partial charge on any atom is 0.231 e. The molecule has 1 aromatic heterocycles. The highest BCUT2D eigenvalue weighted by atomic mass is 32.2. The summed E-state index contributed by atoms with van der Waals surface area (Å²) < 4.78 is 17.9. The van der Waals surface area contributed by atoms with E-state index >= 15 is 0 Å². The topological polar surface area (TPSA) is 87.5 Å². The lowest BCUT2D eigenvalue weighted by Gasteiger charge is -2.09. The van der Waals surface area contributed by atoms with Crippen LogP contribution in [0.5, 0.6) is 17.2 Å². The Balaban J connectivity index is 1.37. The molecule has 4 rings (SSSR count). The third kappa shape index (κ3) is 4.35. The second-order valence-corrected chi connectivity index (χ2v) is 7.47. The smallest absolute Gasteiger partial charge is 0.231 e. The number of hydrogen-bond donors (Lipinski definition) is 1. The first kappa shape index (κ1) is 20.1. The van der Waals surface area contributed by atoms with E-state index in [0.717, 1.165) is 28.5 Å². The molecule has 1 aliphatic heterocycles. The first-order valence-electron chi connectivity index (χ1n) is 9.53. The highest BCUT2D eigenvalue weighted by molar-refractivity contribution is 7.99. The molecule has 0 fully saturated rings. The minimum absolute atomic E-state index is 0.0638. The van der Waals surface area contributed by atoms with Gasteiger partial charge in [-0.1, -0.05) is 23.9 Å². The standard InChI is InChI=1S/C21H22N4O4S/c1-3-25-20(15-6-9-17-18(10-15)29-13-28-17)23-24-21(25)30-12-19(26)22-11-14-4-7-16(27-2)8-5-14/h4-10H,3,11-13H2,1-2H3,(H,22,26). The maximum atomic E-state index is 12.3. The average molecular weight is 426 g/mol. The van der Waals surface area contributed by atoms with E-state index in [1.54, 1.807) is 7.11 Å². The number of methoxy groups -OCH3 is 1. The largest absolute Gasteiger partial charge is 0.497 e. The van der Waals surface area contributed by atoms with Crippen molar-refractivity contribution in [1.82, 2.24) is 20.1 Å². The van der Waals surface area contributed by atoms with Crippen molar-refractivity contribution in [2.45, 2.75) is 25.2 Å². The number of ether oxygens (including phenoxy) is 3. The lowest BCUT2D eigenvalue weighted by Crippen LogP contribution is -2.24. The summed E-state index contributed by atoms with van der Waals surface area (Å²) in [5.41, 5.74) is 1.90. The van der Waals surface area contributed by atoms with Gasteiger partial charge in [0.25, 0.3) is 0 Å². The number of aromatic nitrogens is 3. The van der Waals surface area contributed by atoms with Crippen molar-refractivity contribution in [3.63, 3.8) is 0 Å². The molecule has 0 bridgehead atoms. The van der Waals surface area contributed by atoms with E-state index in [0.29, 0.717) is 24.0 Å². The number of nitrogens with one attached hydrogen (secondary N) is 1. The van der Waals surface area contributed by atoms with Gasteiger partial charge in [-0.15, -0.1) is 10.2 Å². The van der Waals surface area contributed by atoms with Crippen LogP contribution in [0.25, 0.3) is 11.4 Å². The van der Waals surface area contributed by atoms with Crippen LogP contribution in [0.3, 0.4) is 0 Å². The van der Waals surface area contributed by atoms with Gasteiger partial charge in [0, 0.05) is 18.7 Å². The molecule has 0 saturated heterocycles. The molecule has 1 N–H and O–H groups in total. The van der Waals surface area contributed by atoms with E-state index in [1.807, 2.05) is 54.0 Å². The Morgan fingerprint density at radius 1 is 1.17 bits per heavy atom. The van der Waals surface area contributed by atoms with Gasteiger partial charge in [0.2, 0.25) is 12.7 Å². The van der Waals surface area contributed by atoms with Crippen LogP contribution < -0.4 is 19.5 Å². The summed E-state index contributed by atoms with van der Waals surface area (Å²) in [7, 11) is 1.63. The van der Waals surface area contributed by atoms with Crippen molar-refractivity contribution in [2.24, 2.45) is 0 Å². The average Bonchev–Trinajstić information content (AvgIpc) is 3.42. The number of carbonyl (C=O) groups is 1. The first-order chi connectivity index (χ1) is 14.7. The highest BCUT2D eigenvalue weighted by Crippen LogP contribution is 2.36. The minimum Gasteiger partial charge on any atom is -0.497 e. The number of benzene rings is 2. The number of nitrogens with zero attached hydrogens (tertiary/aromatic N) is 3. The number of carbonyl (C=O) groups excluding carboxylic acids is 1. The third-order valence-corrected chi connectivity index (χ3v) is 5.61. The number of thioether (sulfide) groups is 1. The summed E-state index contributed by atoms with van der Waals surface area (Å²) in [5.74, 6) is 3.14. The van der Waals surface area contributed by atoms with Crippen molar-refractivity contribution in [3.05, 3.63) is 48.0 Å². The molecule has 0 atom stereocenters. The normalized spacial score (nSPS) is 12.1. The molecule has 1 aliphatic rings. The Hall–Kier alpha value is -3.20. The monoisotopic (exact) mass is 426 g/mol. The van der Waals surface area contributed by atoms with E-state index in [1.165, 1.54) is 11.8 Å². The lowest BCUT2D eigenvalue weighted by molar-refractivity contribution is -0.118. The van der Waals surface area contributed by atoms with E-state index < -0.39 is 0 Å². The van der Waals surface area contributed by atoms with Gasteiger partial charge in [-0.25, -0.2) is 0 Å². The van der Waals surface area contributed by atoms with Crippen molar-refractivity contribution >= 4 is 17.7 Å². The van der Waals surface area contributed by atoms with E-state index in [-0.39, 0.29) is 18.5 Å². The number of fused-ring (bicyclic) bond motifs is 1. The summed E-state index contributed by atoms with van der Waals surface area (Å²) in [5, 5.41) is 12.2. The minimum atomic E-state index is -0.0638. The number of rotatable bonds is 8. The van der Waals surface area contributed by atoms with Crippen LogP contribution in [0.4, 0.5) is 0 Å². The molecule has 3 aromatic rings. The molecule has 2 heterocycles. The fraction of sp³-hybridized carbons (Fsp3) is 0.286. The maximum absolute atomic E-state index is 12.3. The molecule has 2 aromatic carbocycles. The van der Waals surface area contributed by atoms with Crippen LogP contribution >= 0.6 is 11.8 Å². The Bertz CT molecular complexity index is 1040. The SMILES string of the molecule is CCn1c(SCC(=O)NCc2ccc(OC)cc2)nnc1-c1ccc2c(c1)OCO2. The number of hydrogen-bond acceptors (Lipinski definition) is 7. The van der Waals surface area contributed by atoms with Crippen LogP contribution in [0.1, 0.15) is 12.5 Å². The zero-order chi connectivity index (χ0) is 20.9. The zero-order valence-electron chi connectivity index (χ0n) is 16.8. The summed E-state index contributed by atoms with van der Waals surface area (Å²) in [6.45, 7) is 3.40. The quantitative estimate of drug-likeness (QED) is 0.554. The third-order valence-electron chi connectivity index (χ3n) is 4.64. The molecular formula is C21H22N4O4S. The van der Waals surface area contributed by atoms with Crippen LogP contribution in [0, 0.1) is 0 Å². The Morgan fingerprint density at radius 2 is 1.97 bits per heavy atom. The Labute approximate surface area is 178 Å². The zero-order valence-corrected chi connectivity index (χ0v) is 17.6. The van der Waals surface area contributed by atoms with Crippen LogP contribution in [-0.2, 0) is 17.9 Å². The molecule has 8 nitrogen and oxygen atoms in total. The van der Waals surface area contributed by atoms with Gasteiger partial charge in [0.05, 0.1) is 12.9 Å². The second-order valence-electron chi connectivity index (χ2n) is 6.53. The van der Waals surface area contributed by atoms with Crippen molar-refractivity contribution in [1.29, 1.82) is 0 Å². The molecule has 0 spiro atoms. The molecule has 9 heteroatoms. The summed E-state index contributed by atoms with van der Waals surface area (Å²) in [4.78, 5) is 12.3. The van der Waals surface area contributed by atoms with Crippen LogP contribution in [0.2, 0.25) is 0 Å². The van der Waals surface area contributed by atoms with Gasteiger partial charge < -0.3 is 24.1 Å². The van der Waals surface area contributed by atoms with Crippen LogP contribution in [-0.4, -0.2) is 40.3 Å². The summed E-state index contributed by atoms with van der Waals surface area (Å²) in [6, 6.07) is 13.3. The van der Waals surface area contributed by atoms with Gasteiger partial charge in [-0.05, 0) is 42.8 Å². The van der Waals surface area contributed by atoms with Gasteiger partial charge in [0.1, 0.15) is 5.75 Å². The second kappa shape index (κ2) is 9.08. The van der Waals surface area contributed by atoms with E-state index in [9.17, 15) is 4.79 Å². The molecule has 0 unspecified atom stereocenters. The highest BCUT2D eigenvalue weighted by Gasteiger charge is 2.18. The lowest BCUT2D eigenvalue weighted by atomic mass is 10.2. The molecule has 0 radical (unpaired) electrons. The van der Waals surface area contributed by atoms with Crippen LogP contribution in [0.15, 0.2) is 47.6 Å². The first-order valence-corrected chi connectivity index (χ1v) is 10.5. The van der Waals surface area contributed by atoms with Gasteiger partial charge in [-0.3, -0.25) is 4.79 Å².